The molecule has 1 aromatic carbocycles. The molecule has 0 aliphatic carbocycles. The zero-order valence-corrected chi connectivity index (χ0v) is 18.5. The van der Waals surface area contributed by atoms with E-state index in [2.05, 4.69) is 25.0 Å². The minimum atomic E-state index is -4.07. The van der Waals surface area contributed by atoms with Crippen LogP contribution in [-0.2, 0) is 10.0 Å². The minimum absolute atomic E-state index is 0.00890. The van der Waals surface area contributed by atoms with Gasteiger partial charge in [0.1, 0.15) is 33.4 Å². The number of halogens is 3. The molecule has 0 saturated heterocycles. The Kier molecular flexibility index (Phi) is 5.50. The third kappa shape index (κ3) is 4.03. The molecule has 0 atom stereocenters. The van der Waals surface area contributed by atoms with Gasteiger partial charge in [0, 0.05) is 10.3 Å². The summed E-state index contributed by atoms with van der Waals surface area (Å²) in [5.74, 6) is -2.08. The summed E-state index contributed by atoms with van der Waals surface area (Å²) >= 11 is 7.17. The summed E-state index contributed by atoms with van der Waals surface area (Å²) < 4.78 is 57.2. The molecule has 2 N–H and O–H groups in total. The lowest BCUT2D eigenvalue weighted by Crippen LogP contribution is -2.15. The van der Waals surface area contributed by atoms with Crippen molar-refractivity contribution in [3.05, 3.63) is 63.2 Å². The maximum absolute atomic E-state index is 15.1. The van der Waals surface area contributed by atoms with Crippen LogP contribution in [0.15, 0.2) is 40.9 Å². The normalized spacial score (nSPS) is 11.6. The van der Waals surface area contributed by atoms with E-state index in [0.29, 0.717) is 11.1 Å². The van der Waals surface area contributed by atoms with Crippen LogP contribution in [0.25, 0.3) is 11.0 Å². The molecule has 4 aromatic rings. The Bertz CT molecular complexity index is 1430. The van der Waals surface area contributed by atoms with Gasteiger partial charge in [-0.05, 0) is 43.7 Å². The first-order valence-electron chi connectivity index (χ1n) is 8.77. The van der Waals surface area contributed by atoms with Gasteiger partial charge in [-0.25, -0.2) is 32.2 Å². The van der Waals surface area contributed by atoms with Gasteiger partial charge >= 0.3 is 0 Å². The van der Waals surface area contributed by atoms with E-state index in [1.807, 2.05) is 0 Å². The molecule has 0 unspecified atom stereocenters. The molecule has 3 aromatic heterocycles. The molecule has 0 fully saturated rings. The largest absolute Gasteiger partial charge is 0.333 e. The summed E-state index contributed by atoms with van der Waals surface area (Å²) in [6.45, 7) is 3.44. The molecule has 0 aliphatic heterocycles. The number of benzene rings is 1. The average molecular weight is 482 g/mol. The summed E-state index contributed by atoms with van der Waals surface area (Å²) in [7, 11) is -4.07. The maximum Gasteiger partial charge on any atom is 0.263 e. The fourth-order valence-electron chi connectivity index (χ4n) is 2.83. The van der Waals surface area contributed by atoms with Crippen molar-refractivity contribution in [2.75, 3.05) is 10.0 Å². The average Bonchev–Trinajstić information content (AvgIpc) is 3.07. The van der Waals surface area contributed by atoms with Gasteiger partial charge in [0.2, 0.25) is 0 Å². The molecule has 3 heterocycles. The molecule has 7 nitrogen and oxygen atoms in total. The van der Waals surface area contributed by atoms with Crippen molar-refractivity contribution < 1.29 is 17.2 Å². The maximum atomic E-state index is 15.1. The van der Waals surface area contributed by atoms with Crippen LogP contribution in [0.4, 0.5) is 26.0 Å². The Morgan fingerprint density at radius 3 is 2.58 bits per heavy atom. The number of sulfonamides is 1. The number of nitrogens with zero attached hydrogens (tertiary/aromatic N) is 3. The number of nitrogens with one attached hydrogen (secondary N) is 2. The highest BCUT2D eigenvalue weighted by atomic mass is 35.5. The number of thiophene rings is 1. The van der Waals surface area contributed by atoms with E-state index in [4.69, 9.17) is 11.6 Å². The van der Waals surface area contributed by atoms with Crippen LogP contribution >= 0.6 is 22.9 Å². The molecule has 4 rings (SSSR count). The Morgan fingerprint density at radius 2 is 1.87 bits per heavy atom. The Balaban J connectivity index is 1.74. The van der Waals surface area contributed by atoms with Gasteiger partial charge in [-0.2, -0.15) is 0 Å². The van der Waals surface area contributed by atoms with Crippen LogP contribution in [0.5, 0.6) is 0 Å². The first-order valence-corrected chi connectivity index (χ1v) is 11.5. The van der Waals surface area contributed by atoms with Gasteiger partial charge in [-0.1, -0.05) is 11.6 Å². The van der Waals surface area contributed by atoms with Crippen molar-refractivity contribution in [1.82, 2.24) is 15.0 Å². The minimum Gasteiger partial charge on any atom is -0.333 e. The number of hydrogen-bond donors (Lipinski definition) is 2. The van der Waals surface area contributed by atoms with Crippen molar-refractivity contribution in [3.63, 3.8) is 0 Å². The smallest absolute Gasteiger partial charge is 0.263 e. The summed E-state index contributed by atoms with van der Waals surface area (Å²) in [5.41, 5.74) is 0.150. The van der Waals surface area contributed by atoms with Crippen molar-refractivity contribution in [1.29, 1.82) is 0 Å². The number of hydrogen-bond acceptors (Lipinski definition) is 7. The van der Waals surface area contributed by atoms with E-state index < -0.39 is 33.0 Å². The molecule has 160 valence electrons. The van der Waals surface area contributed by atoms with E-state index in [1.54, 1.807) is 19.9 Å². The number of anilines is 3. The van der Waals surface area contributed by atoms with E-state index in [1.165, 1.54) is 29.1 Å². The summed E-state index contributed by atoms with van der Waals surface area (Å²) in [6.07, 6.45) is 1.20. The standard InChI is InChI=1S/C19H14ClF2N5O2S2/c1-9-10(2)30-7-14(9)31(28,29)27-12-4-3-11(21)17(16(12)22)26-19-18-13(23-8-24-19)5-6-15(20)25-18/h3-8,27H,1-2H3,(H,23,24,26). The highest BCUT2D eigenvalue weighted by Crippen LogP contribution is 2.32. The zero-order chi connectivity index (χ0) is 22.3. The van der Waals surface area contributed by atoms with Gasteiger partial charge in [0.25, 0.3) is 10.0 Å². The molecular weight excluding hydrogens is 468 g/mol. The van der Waals surface area contributed by atoms with Crippen LogP contribution in [0.1, 0.15) is 10.4 Å². The highest BCUT2D eigenvalue weighted by molar-refractivity contribution is 7.93. The monoisotopic (exact) mass is 481 g/mol. The zero-order valence-electron chi connectivity index (χ0n) is 16.1. The van der Waals surface area contributed by atoms with Crippen LogP contribution in [0.3, 0.4) is 0 Å². The first kappa shape index (κ1) is 21.3. The van der Waals surface area contributed by atoms with Crippen LogP contribution in [-0.4, -0.2) is 23.4 Å². The van der Waals surface area contributed by atoms with E-state index in [9.17, 15) is 12.8 Å². The molecule has 0 bridgehead atoms. The molecule has 0 spiro atoms. The fourth-order valence-corrected chi connectivity index (χ4v) is 5.55. The number of aryl methyl sites for hydroxylation is 1. The molecular formula is C19H14ClF2N5O2S2. The van der Waals surface area contributed by atoms with Crippen molar-refractivity contribution in [3.8, 4) is 0 Å². The topological polar surface area (TPSA) is 96.9 Å². The third-order valence-electron chi connectivity index (χ3n) is 4.56. The predicted octanol–water partition coefficient (Wildman–Crippen LogP) is 5.18. The quantitative estimate of drug-likeness (QED) is 0.381. The fraction of sp³-hybridized carbons (Fsp3) is 0.105. The second kappa shape index (κ2) is 7.98. The summed E-state index contributed by atoms with van der Waals surface area (Å²) in [4.78, 5) is 13.0. The second-order valence-corrected chi connectivity index (χ2v) is 9.64. The van der Waals surface area contributed by atoms with Gasteiger partial charge < -0.3 is 5.32 Å². The van der Waals surface area contributed by atoms with Gasteiger partial charge in [0.05, 0.1) is 11.2 Å². The van der Waals surface area contributed by atoms with Crippen molar-refractivity contribution in [2.24, 2.45) is 0 Å². The predicted molar refractivity (Wildman–Crippen MR) is 117 cm³/mol. The van der Waals surface area contributed by atoms with E-state index in [0.717, 1.165) is 17.0 Å². The lowest BCUT2D eigenvalue weighted by Gasteiger charge is -2.14. The number of fused-ring (bicyclic) bond motifs is 1. The van der Waals surface area contributed by atoms with Gasteiger partial charge in [-0.3, -0.25) is 4.72 Å². The SMILES string of the molecule is Cc1scc(S(=O)(=O)Nc2ccc(F)c(Nc3ncnc4ccc(Cl)nc34)c2F)c1C. The first-order chi connectivity index (χ1) is 14.7. The molecule has 0 saturated carbocycles. The van der Waals surface area contributed by atoms with Crippen LogP contribution in [0.2, 0.25) is 5.15 Å². The van der Waals surface area contributed by atoms with E-state index in [-0.39, 0.29) is 21.4 Å². The van der Waals surface area contributed by atoms with Gasteiger partial charge in [0.15, 0.2) is 11.6 Å². The highest BCUT2D eigenvalue weighted by Gasteiger charge is 2.23. The van der Waals surface area contributed by atoms with Gasteiger partial charge in [-0.15, -0.1) is 11.3 Å². The third-order valence-corrected chi connectivity index (χ3v) is 7.42. The second-order valence-electron chi connectivity index (χ2n) is 6.52. The lowest BCUT2D eigenvalue weighted by molar-refractivity contribution is 0.588. The number of rotatable bonds is 5. The van der Waals surface area contributed by atoms with Crippen molar-refractivity contribution >= 4 is 61.2 Å². The molecule has 12 heteroatoms. The van der Waals surface area contributed by atoms with Crippen LogP contribution < -0.4 is 10.0 Å². The van der Waals surface area contributed by atoms with Crippen molar-refractivity contribution in [2.45, 2.75) is 18.7 Å². The number of pyridine rings is 1. The Morgan fingerprint density at radius 1 is 1.10 bits per heavy atom. The Labute approximate surface area is 185 Å². The number of aromatic nitrogens is 3. The molecule has 0 aliphatic rings. The molecule has 0 radical (unpaired) electrons. The molecule has 31 heavy (non-hydrogen) atoms. The summed E-state index contributed by atoms with van der Waals surface area (Å²) in [6, 6.07) is 5.05. The Hall–Kier alpha value is -2.89. The lowest BCUT2D eigenvalue weighted by atomic mass is 10.2. The van der Waals surface area contributed by atoms with E-state index >= 15 is 4.39 Å². The molecule has 0 amide bonds. The summed E-state index contributed by atoms with van der Waals surface area (Å²) in [5, 5.41) is 4.15. The van der Waals surface area contributed by atoms with Crippen LogP contribution in [0, 0.1) is 25.5 Å².